The Morgan fingerprint density at radius 3 is 1.11 bits per heavy atom. The minimum atomic E-state index is 0. The molecule has 3 nitrogen and oxygen atoms in total. The average Bonchev–Trinajstić information content (AvgIpc) is 2.80. The molecule has 0 saturated carbocycles. The van der Waals surface area contributed by atoms with Crippen molar-refractivity contribution in [1.82, 2.24) is 4.98 Å². The minimum Gasteiger partial charge on any atom is -1.00 e. The van der Waals surface area contributed by atoms with E-state index < -0.39 is 0 Å². The standard InChI is InChI=1S/C30H37N3.2ClH.V/c1-8-23-12-20(5)13-24(9-2)29(23)31-18-27-16-22(7)17-28(33-27)19-32-30-25(10-3)14-21(6)15-26(30)11-4;;;/h12-19H,8-11H2,1-7H3;2*1H;/q;;;+2/p-2. The normalized spacial score (nSPS) is 10.8. The van der Waals surface area contributed by atoms with E-state index in [1.807, 2.05) is 12.4 Å². The van der Waals surface area contributed by atoms with Crippen LogP contribution in [-0.2, 0) is 44.2 Å². The van der Waals surface area contributed by atoms with Gasteiger partial charge in [0.2, 0.25) is 0 Å². The first kappa shape index (κ1) is 34.1. The van der Waals surface area contributed by atoms with Crippen LogP contribution < -0.4 is 24.8 Å². The summed E-state index contributed by atoms with van der Waals surface area (Å²) < 4.78 is 0. The Morgan fingerprint density at radius 1 is 0.556 bits per heavy atom. The molecular formula is C30H37Cl2N3V. The summed E-state index contributed by atoms with van der Waals surface area (Å²) in [6.45, 7) is 15.2. The molecule has 2 aromatic carbocycles. The van der Waals surface area contributed by atoms with Gasteiger partial charge in [-0.3, -0.25) is 9.98 Å². The van der Waals surface area contributed by atoms with Crippen LogP contribution in [0.3, 0.4) is 0 Å². The van der Waals surface area contributed by atoms with Gasteiger partial charge in [-0.05, 0) is 86.4 Å². The van der Waals surface area contributed by atoms with E-state index in [1.165, 1.54) is 33.4 Å². The van der Waals surface area contributed by atoms with Crippen molar-refractivity contribution in [3.63, 3.8) is 0 Å². The molecule has 1 heterocycles. The Bertz CT molecular complexity index is 1060. The van der Waals surface area contributed by atoms with Gasteiger partial charge in [-0.25, -0.2) is 4.98 Å². The van der Waals surface area contributed by atoms with Crippen molar-refractivity contribution >= 4 is 23.8 Å². The molecule has 0 amide bonds. The fourth-order valence-corrected chi connectivity index (χ4v) is 4.39. The largest absolute Gasteiger partial charge is 2.00 e. The molecule has 0 aliphatic heterocycles. The molecule has 191 valence electrons. The fraction of sp³-hybridized carbons (Fsp3) is 0.367. The van der Waals surface area contributed by atoms with E-state index in [1.54, 1.807) is 0 Å². The summed E-state index contributed by atoms with van der Waals surface area (Å²) in [7, 11) is 0. The Balaban J connectivity index is 0.00000408. The smallest absolute Gasteiger partial charge is 1.00 e. The van der Waals surface area contributed by atoms with Crippen LogP contribution in [0.2, 0.25) is 0 Å². The van der Waals surface area contributed by atoms with Gasteiger partial charge < -0.3 is 24.8 Å². The maximum atomic E-state index is 4.89. The van der Waals surface area contributed by atoms with Crippen molar-refractivity contribution in [2.75, 3.05) is 0 Å². The van der Waals surface area contributed by atoms with Crippen molar-refractivity contribution in [2.24, 2.45) is 9.98 Å². The Morgan fingerprint density at radius 2 is 0.833 bits per heavy atom. The van der Waals surface area contributed by atoms with Gasteiger partial charge in [0.25, 0.3) is 0 Å². The van der Waals surface area contributed by atoms with E-state index in [0.717, 1.165) is 54.0 Å². The van der Waals surface area contributed by atoms with Crippen LogP contribution in [0, 0.1) is 20.8 Å². The summed E-state index contributed by atoms with van der Waals surface area (Å²) >= 11 is 0. The minimum absolute atomic E-state index is 0. The molecule has 0 aliphatic rings. The molecule has 0 bridgehead atoms. The maximum absolute atomic E-state index is 4.89. The molecule has 0 atom stereocenters. The molecule has 3 aromatic rings. The van der Waals surface area contributed by atoms with E-state index in [9.17, 15) is 0 Å². The zero-order valence-corrected chi connectivity index (χ0v) is 25.4. The summed E-state index contributed by atoms with van der Waals surface area (Å²) in [5, 5.41) is 0. The Labute approximate surface area is 242 Å². The molecular weight excluding hydrogens is 524 g/mol. The molecule has 6 heteroatoms. The van der Waals surface area contributed by atoms with E-state index in [4.69, 9.17) is 15.0 Å². The van der Waals surface area contributed by atoms with Gasteiger partial charge in [0.05, 0.1) is 35.2 Å². The molecule has 0 aliphatic carbocycles. The predicted molar refractivity (Wildman–Crippen MR) is 143 cm³/mol. The topological polar surface area (TPSA) is 37.6 Å². The predicted octanol–water partition coefficient (Wildman–Crippen LogP) is 1.76. The summed E-state index contributed by atoms with van der Waals surface area (Å²) in [6, 6.07) is 13.1. The van der Waals surface area contributed by atoms with Crippen molar-refractivity contribution in [3.05, 3.63) is 86.7 Å². The molecule has 0 fully saturated rings. The molecule has 0 unspecified atom stereocenters. The average molecular weight is 561 g/mol. The monoisotopic (exact) mass is 560 g/mol. The second-order valence-electron chi connectivity index (χ2n) is 8.79. The van der Waals surface area contributed by atoms with Crippen LogP contribution in [0.15, 0.2) is 46.4 Å². The van der Waals surface area contributed by atoms with Gasteiger partial charge in [0, 0.05) is 0 Å². The number of rotatable bonds is 8. The van der Waals surface area contributed by atoms with E-state index in [2.05, 4.69) is 84.9 Å². The summed E-state index contributed by atoms with van der Waals surface area (Å²) in [4.78, 5) is 14.6. The van der Waals surface area contributed by atoms with Crippen LogP contribution in [0.25, 0.3) is 0 Å². The van der Waals surface area contributed by atoms with Crippen LogP contribution in [0.5, 0.6) is 0 Å². The first-order valence-electron chi connectivity index (χ1n) is 12.2. The molecule has 0 saturated heterocycles. The summed E-state index contributed by atoms with van der Waals surface area (Å²) in [5.41, 5.74) is 12.8. The van der Waals surface area contributed by atoms with Crippen LogP contribution in [0.1, 0.15) is 78.0 Å². The molecule has 1 aromatic heterocycles. The summed E-state index contributed by atoms with van der Waals surface area (Å²) in [5.74, 6) is 0. The van der Waals surface area contributed by atoms with Gasteiger partial charge in [0.15, 0.2) is 0 Å². The number of aromatic nitrogens is 1. The molecule has 0 N–H and O–H groups in total. The Kier molecular flexibility index (Phi) is 15.2. The van der Waals surface area contributed by atoms with E-state index >= 15 is 0 Å². The third-order valence-corrected chi connectivity index (χ3v) is 6.01. The van der Waals surface area contributed by atoms with Gasteiger partial charge in [-0.1, -0.05) is 63.1 Å². The van der Waals surface area contributed by atoms with Gasteiger partial charge >= 0.3 is 18.6 Å². The first-order valence-corrected chi connectivity index (χ1v) is 12.2. The SMILES string of the molecule is CCc1cc(C)cc(CC)c1N=Cc1cc(C)cc(C=Nc2c(CC)cc(C)cc2CC)n1.[Cl-].[Cl-].[V+2]. The maximum Gasteiger partial charge on any atom is 2.00 e. The van der Waals surface area contributed by atoms with Gasteiger partial charge in [-0.2, -0.15) is 0 Å². The number of nitrogens with zero attached hydrogens (tertiary/aromatic N) is 3. The number of benzene rings is 2. The first-order chi connectivity index (χ1) is 15.9. The molecule has 36 heavy (non-hydrogen) atoms. The summed E-state index contributed by atoms with van der Waals surface area (Å²) in [6.07, 6.45) is 7.67. The molecule has 1 radical (unpaired) electrons. The second kappa shape index (κ2) is 16.0. The fourth-order valence-electron chi connectivity index (χ4n) is 4.39. The van der Waals surface area contributed by atoms with Gasteiger partial charge in [-0.15, -0.1) is 0 Å². The quantitative estimate of drug-likeness (QED) is 0.387. The number of hydrogen-bond acceptors (Lipinski definition) is 3. The van der Waals surface area contributed by atoms with Crippen molar-refractivity contribution < 1.29 is 43.4 Å². The molecule has 0 spiro atoms. The third-order valence-electron chi connectivity index (χ3n) is 6.01. The van der Waals surface area contributed by atoms with Gasteiger partial charge in [0.1, 0.15) is 0 Å². The number of aryl methyl sites for hydroxylation is 7. The number of pyridine rings is 1. The van der Waals surface area contributed by atoms with Crippen LogP contribution >= 0.6 is 0 Å². The number of halogens is 2. The zero-order valence-electron chi connectivity index (χ0n) is 22.5. The number of hydrogen-bond donors (Lipinski definition) is 0. The van der Waals surface area contributed by atoms with E-state index in [-0.39, 0.29) is 43.4 Å². The zero-order chi connectivity index (χ0) is 24.0. The van der Waals surface area contributed by atoms with Crippen molar-refractivity contribution in [3.8, 4) is 0 Å². The Hall–Kier alpha value is -1.91. The van der Waals surface area contributed by atoms with Crippen LogP contribution in [-0.4, -0.2) is 17.4 Å². The second-order valence-corrected chi connectivity index (χ2v) is 8.79. The number of aliphatic imine (C=N–C) groups is 2. The van der Waals surface area contributed by atoms with Crippen molar-refractivity contribution in [2.45, 2.75) is 74.1 Å². The van der Waals surface area contributed by atoms with E-state index in [0.29, 0.717) is 0 Å². The van der Waals surface area contributed by atoms with Crippen molar-refractivity contribution in [1.29, 1.82) is 0 Å². The van der Waals surface area contributed by atoms with Crippen LogP contribution in [0.4, 0.5) is 11.4 Å². The molecule has 3 rings (SSSR count). The third kappa shape index (κ3) is 8.59.